The van der Waals surface area contributed by atoms with E-state index in [0.29, 0.717) is 22.0 Å². The van der Waals surface area contributed by atoms with Crippen LogP contribution in [0.5, 0.6) is 0 Å². The van der Waals surface area contributed by atoms with Gasteiger partial charge in [0.1, 0.15) is 0 Å². The number of carbonyl (C=O) groups is 1. The first-order valence-corrected chi connectivity index (χ1v) is 10.0. The molecule has 0 aliphatic rings. The normalized spacial score (nSPS) is 11.2. The van der Waals surface area contributed by atoms with E-state index >= 15 is 0 Å². The highest BCUT2D eigenvalue weighted by atomic mass is 32.1. The third kappa shape index (κ3) is 3.05. The van der Waals surface area contributed by atoms with Crippen LogP contribution < -0.4 is 5.32 Å². The number of anilines is 1. The molecule has 0 atom stereocenters. The molecule has 5 rings (SSSR count). The monoisotopic (exact) mass is 399 g/mol. The first kappa shape index (κ1) is 17.5. The number of aryl methyl sites for hydroxylation is 2. The lowest BCUT2D eigenvalue weighted by Crippen LogP contribution is -2.10. The van der Waals surface area contributed by atoms with Gasteiger partial charge in [-0.15, -0.1) is 21.5 Å². The highest BCUT2D eigenvalue weighted by Gasteiger charge is 2.15. The van der Waals surface area contributed by atoms with Crippen LogP contribution >= 0.6 is 11.3 Å². The van der Waals surface area contributed by atoms with Crippen molar-refractivity contribution in [2.24, 2.45) is 0 Å². The van der Waals surface area contributed by atoms with Gasteiger partial charge < -0.3 is 5.32 Å². The number of amides is 1. The molecule has 0 saturated carbocycles. The van der Waals surface area contributed by atoms with E-state index in [4.69, 9.17) is 0 Å². The van der Waals surface area contributed by atoms with Crippen LogP contribution in [0.4, 0.5) is 5.69 Å². The molecule has 29 heavy (non-hydrogen) atoms. The SMILES string of the molecule is Cc1ccc(C(=O)Nc2cccc(-c3nnc4c5ccccc5c(C)nn34)c2)s1. The van der Waals surface area contributed by atoms with Gasteiger partial charge in [0.25, 0.3) is 5.91 Å². The van der Waals surface area contributed by atoms with E-state index in [2.05, 4.69) is 20.6 Å². The van der Waals surface area contributed by atoms with Crippen LogP contribution in [-0.2, 0) is 0 Å². The minimum absolute atomic E-state index is 0.119. The highest BCUT2D eigenvalue weighted by molar-refractivity contribution is 7.14. The second kappa shape index (κ2) is 6.79. The topological polar surface area (TPSA) is 72.2 Å². The number of rotatable bonds is 3. The van der Waals surface area contributed by atoms with Crippen molar-refractivity contribution >= 4 is 39.4 Å². The van der Waals surface area contributed by atoms with E-state index < -0.39 is 0 Å². The van der Waals surface area contributed by atoms with Gasteiger partial charge in [-0.05, 0) is 38.1 Å². The van der Waals surface area contributed by atoms with Gasteiger partial charge >= 0.3 is 0 Å². The fraction of sp³-hybridized carbons (Fsp3) is 0.0909. The molecule has 142 valence electrons. The summed E-state index contributed by atoms with van der Waals surface area (Å²) in [6.07, 6.45) is 0. The molecule has 2 aromatic carbocycles. The van der Waals surface area contributed by atoms with Crippen LogP contribution in [-0.4, -0.2) is 25.7 Å². The summed E-state index contributed by atoms with van der Waals surface area (Å²) in [5.74, 6) is 0.517. The first-order chi connectivity index (χ1) is 14.1. The summed E-state index contributed by atoms with van der Waals surface area (Å²) in [4.78, 5) is 14.3. The fourth-order valence-electron chi connectivity index (χ4n) is 3.41. The van der Waals surface area contributed by atoms with Crippen LogP contribution in [0.25, 0.3) is 27.8 Å². The summed E-state index contributed by atoms with van der Waals surface area (Å²) < 4.78 is 1.77. The Morgan fingerprint density at radius 1 is 0.966 bits per heavy atom. The summed E-state index contributed by atoms with van der Waals surface area (Å²) >= 11 is 1.47. The molecular weight excluding hydrogens is 382 g/mol. The largest absolute Gasteiger partial charge is 0.321 e. The van der Waals surface area contributed by atoms with Crippen LogP contribution in [0.2, 0.25) is 0 Å². The molecule has 5 aromatic rings. The highest BCUT2D eigenvalue weighted by Crippen LogP contribution is 2.26. The standard InChI is InChI=1S/C22H17N5OS/c1-13-10-11-19(29-13)22(28)23-16-7-5-6-15(12-16)20-24-25-21-18-9-4-3-8-17(18)14(2)26-27(20)21/h3-12H,1-2H3,(H,23,28). The van der Waals surface area contributed by atoms with Gasteiger partial charge in [0.05, 0.1) is 10.6 Å². The average Bonchev–Trinajstić information content (AvgIpc) is 3.35. The summed E-state index contributed by atoms with van der Waals surface area (Å²) in [6.45, 7) is 3.96. The molecule has 1 amide bonds. The van der Waals surface area contributed by atoms with Crippen molar-refractivity contribution in [2.75, 3.05) is 5.32 Å². The third-order valence-electron chi connectivity index (χ3n) is 4.79. The van der Waals surface area contributed by atoms with Gasteiger partial charge in [-0.1, -0.05) is 36.4 Å². The molecule has 3 aromatic heterocycles. The Morgan fingerprint density at radius 3 is 2.59 bits per heavy atom. The van der Waals surface area contributed by atoms with Crippen molar-refractivity contribution in [1.82, 2.24) is 19.8 Å². The van der Waals surface area contributed by atoms with Crippen molar-refractivity contribution < 1.29 is 4.79 Å². The molecule has 7 heteroatoms. The molecule has 0 radical (unpaired) electrons. The smallest absolute Gasteiger partial charge is 0.265 e. The second-order valence-corrected chi connectivity index (χ2v) is 8.12. The number of thiophene rings is 1. The predicted octanol–water partition coefficient (Wildman–Crippen LogP) is 4.88. The molecule has 0 saturated heterocycles. The third-order valence-corrected chi connectivity index (χ3v) is 5.79. The second-order valence-electron chi connectivity index (χ2n) is 6.84. The van der Waals surface area contributed by atoms with E-state index in [0.717, 1.165) is 26.9 Å². The minimum Gasteiger partial charge on any atom is -0.321 e. The Labute approximate surface area is 170 Å². The van der Waals surface area contributed by atoms with Crippen molar-refractivity contribution in [3.05, 3.63) is 76.1 Å². The lowest BCUT2D eigenvalue weighted by atomic mass is 10.1. The zero-order chi connectivity index (χ0) is 20.0. The maximum absolute atomic E-state index is 12.5. The van der Waals surface area contributed by atoms with E-state index in [1.54, 1.807) is 4.52 Å². The van der Waals surface area contributed by atoms with E-state index in [-0.39, 0.29) is 5.91 Å². The Morgan fingerprint density at radius 2 is 1.79 bits per heavy atom. The van der Waals surface area contributed by atoms with Crippen LogP contribution in [0, 0.1) is 13.8 Å². The Bertz CT molecular complexity index is 1380. The number of hydrogen-bond donors (Lipinski definition) is 1. The summed E-state index contributed by atoms with van der Waals surface area (Å²) in [5.41, 5.74) is 3.16. The number of hydrogen-bond acceptors (Lipinski definition) is 5. The maximum atomic E-state index is 12.5. The maximum Gasteiger partial charge on any atom is 0.265 e. The minimum atomic E-state index is -0.119. The van der Waals surface area contributed by atoms with Crippen molar-refractivity contribution in [1.29, 1.82) is 0 Å². The Balaban J connectivity index is 1.55. The molecule has 1 N–H and O–H groups in total. The van der Waals surface area contributed by atoms with Crippen molar-refractivity contribution in [3.8, 4) is 11.4 Å². The zero-order valence-electron chi connectivity index (χ0n) is 15.9. The van der Waals surface area contributed by atoms with Crippen molar-refractivity contribution in [3.63, 3.8) is 0 Å². The summed E-state index contributed by atoms with van der Waals surface area (Å²) in [5, 5.41) is 18.5. The van der Waals surface area contributed by atoms with Crippen LogP contribution in [0.3, 0.4) is 0 Å². The van der Waals surface area contributed by atoms with E-state index in [9.17, 15) is 4.79 Å². The van der Waals surface area contributed by atoms with Crippen LogP contribution in [0.15, 0.2) is 60.7 Å². The Hall–Kier alpha value is -3.58. The molecule has 0 unspecified atom stereocenters. The van der Waals surface area contributed by atoms with Crippen molar-refractivity contribution in [2.45, 2.75) is 13.8 Å². The number of nitrogens with zero attached hydrogens (tertiary/aromatic N) is 4. The van der Waals surface area contributed by atoms with Gasteiger partial charge in [-0.25, -0.2) is 0 Å². The summed E-state index contributed by atoms with van der Waals surface area (Å²) in [6, 6.07) is 19.4. The lowest BCUT2D eigenvalue weighted by Gasteiger charge is -2.07. The van der Waals surface area contributed by atoms with Gasteiger partial charge in [-0.3, -0.25) is 4.79 Å². The van der Waals surface area contributed by atoms with Gasteiger partial charge in [-0.2, -0.15) is 9.61 Å². The number of carbonyl (C=O) groups excluding carboxylic acids is 1. The molecule has 0 aliphatic heterocycles. The van der Waals surface area contributed by atoms with Gasteiger partial charge in [0.2, 0.25) is 0 Å². The zero-order valence-corrected chi connectivity index (χ0v) is 16.7. The molecule has 3 heterocycles. The van der Waals surface area contributed by atoms with Gasteiger partial charge in [0, 0.05) is 26.9 Å². The average molecular weight is 399 g/mol. The number of fused-ring (bicyclic) bond motifs is 3. The predicted molar refractivity (Wildman–Crippen MR) is 115 cm³/mol. The quantitative estimate of drug-likeness (QED) is 0.470. The van der Waals surface area contributed by atoms with E-state index in [1.807, 2.05) is 74.5 Å². The summed E-state index contributed by atoms with van der Waals surface area (Å²) in [7, 11) is 0. The van der Waals surface area contributed by atoms with Gasteiger partial charge in [0.15, 0.2) is 11.5 Å². The lowest BCUT2D eigenvalue weighted by molar-refractivity contribution is 0.103. The van der Waals surface area contributed by atoms with E-state index in [1.165, 1.54) is 11.3 Å². The number of benzene rings is 2. The molecule has 6 nitrogen and oxygen atoms in total. The molecule has 0 aliphatic carbocycles. The Kier molecular flexibility index (Phi) is 4.10. The molecular formula is C22H17N5OS. The molecule has 0 fully saturated rings. The fourth-order valence-corrected chi connectivity index (χ4v) is 4.17. The number of aromatic nitrogens is 4. The first-order valence-electron chi connectivity index (χ1n) is 9.19. The van der Waals surface area contributed by atoms with Crippen LogP contribution in [0.1, 0.15) is 20.2 Å². The molecule has 0 spiro atoms. The number of nitrogens with one attached hydrogen (secondary N) is 1. The molecule has 0 bridgehead atoms.